The van der Waals surface area contributed by atoms with Crippen molar-refractivity contribution in [1.29, 1.82) is 0 Å². The predicted molar refractivity (Wildman–Crippen MR) is 49.9 cm³/mol. The van der Waals surface area contributed by atoms with E-state index in [4.69, 9.17) is 4.74 Å². The molecule has 0 amide bonds. The largest absolute Gasteiger partial charge is 0.373 e. The summed E-state index contributed by atoms with van der Waals surface area (Å²) in [5.74, 6) is 1.41. The van der Waals surface area contributed by atoms with Crippen molar-refractivity contribution in [1.82, 2.24) is 0 Å². The van der Waals surface area contributed by atoms with Crippen molar-refractivity contribution in [2.75, 3.05) is 6.61 Å². The lowest BCUT2D eigenvalue weighted by Gasteiger charge is -2.16. The smallest absolute Gasteiger partial charge is 0.0704 e. The molecule has 1 unspecified atom stereocenters. The highest BCUT2D eigenvalue weighted by Gasteiger charge is 2.38. The van der Waals surface area contributed by atoms with Crippen LogP contribution in [-0.2, 0) is 4.74 Å². The Hall–Kier alpha value is -0.560. The average molecular weight is 164 g/mol. The molecule has 0 N–H and O–H groups in total. The van der Waals surface area contributed by atoms with E-state index in [9.17, 15) is 0 Å². The summed E-state index contributed by atoms with van der Waals surface area (Å²) in [5.41, 5.74) is 1.13. The lowest BCUT2D eigenvalue weighted by Crippen LogP contribution is -2.19. The zero-order valence-corrected chi connectivity index (χ0v) is 7.62. The van der Waals surface area contributed by atoms with Crippen LogP contribution in [0, 0.1) is 11.8 Å². The Morgan fingerprint density at radius 2 is 2.00 bits per heavy atom. The predicted octanol–water partition coefficient (Wildman–Crippen LogP) is 2.54. The van der Waals surface area contributed by atoms with Gasteiger partial charge in [0.25, 0.3) is 0 Å². The van der Waals surface area contributed by atoms with Gasteiger partial charge in [-0.15, -0.1) is 0 Å². The first-order chi connectivity index (χ1) is 5.77. The minimum atomic E-state index is 0.474. The molecule has 0 aromatic carbocycles. The van der Waals surface area contributed by atoms with Crippen molar-refractivity contribution in [3.63, 3.8) is 0 Å². The summed E-state index contributed by atoms with van der Waals surface area (Å²) in [5, 5.41) is 0. The molecule has 1 nitrogen and oxygen atoms in total. The molecule has 3 atom stereocenters. The van der Waals surface area contributed by atoms with Crippen LogP contribution in [0.15, 0.2) is 24.3 Å². The van der Waals surface area contributed by atoms with E-state index in [0.717, 1.165) is 12.2 Å². The highest BCUT2D eigenvalue weighted by atomic mass is 16.5. The van der Waals surface area contributed by atoms with Crippen LogP contribution in [0.25, 0.3) is 0 Å². The van der Waals surface area contributed by atoms with Gasteiger partial charge in [-0.05, 0) is 19.8 Å². The molecule has 0 radical (unpaired) electrons. The van der Waals surface area contributed by atoms with Crippen LogP contribution in [0.3, 0.4) is 0 Å². The highest BCUT2D eigenvalue weighted by molar-refractivity contribution is 5.13. The Labute approximate surface area is 74.1 Å². The first-order valence-electron chi connectivity index (χ1n) is 4.71. The van der Waals surface area contributed by atoms with E-state index in [1.807, 2.05) is 6.92 Å². The number of hydrogen-bond donors (Lipinski definition) is 0. The molecule has 0 aromatic heterocycles. The monoisotopic (exact) mass is 164 g/mol. The second kappa shape index (κ2) is 3.06. The van der Waals surface area contributed by atoms with Crippen molar-refractivity contribution in [2.45, 2.75) is 25.9 Å². The van der Waals surface area contributed by atoms with Gasteiger partial charge in [0.1, 0.15) is 0 Å². The molecule has 2 rings (SSSR count). The highest BCUT2D eigenvalue weighted by Crippen LogP contribution is 2.41. The summed E-state index contributed by atoms with van der Waals surface area (Å²) in [6.07, 6.45) is 7.75. The van der Waals surface area contributed by atoms with Gasteiger partial charge in [-0.1, -0.05) is 24.3 Å². The third-order valence-electron chi connectivity index (χ3n) is 2.80. The second-order valence-electron chi connectivity index (χ2n) is 4.02. The molecule has 2 aliphatic rings. The van der Waals surface area contributed by atoms with E-state index in [0.29, 0.717) is 17.9 Å². The van der Waals surface area contributed by atoms with Gasteiger partial charge >= 0.3 is 0 Å². The summed E-state index contributed by atoms with van der Waals surface area (Å²) in [4.78, 5) is 0. The van der Waals surface area contributed by atoms with Crippen molar-refractivity contribution >= 4 is 0 Å². The zero-order chi connectivity index (χ0) is 8.55. The van der Waals surface area contributed by atoms with Gasteiger partial charge in [0.05, 0.1) is 12.7 Å². The number of rotatable bonds is 3. The molecule has 66 valence electrons. The van der Waals surface area contributed by atoms with Crippen LogP contribution in [0.1, 0.15) is 19.8 Å². The molecule has 1 saturated carbocycles. The molecular weight excluding hydrogens is 148 g/mol. The fraction of sp³-hybridized carbons (Fsp3) is 0.636. The fourth-order valence-electron chi connectivity index (χ4n) is 2.21. The van der Waals surface area contributed by atoms with Gasteiger partial charge in [-0.25, -0.2) is 0 Å². The van der Waals surface area contributed by atoms with Crippen LogP contribution in [0.2, 0.25) is 0 Å². The molecule has 0 heterocycles. The Kier molecular flexibility index (Phi) is 2.05. The molecule has 0 aliphatic heterocycles. The Bertz CT molecular complexity index is 203. The lowest BCUT2D eigenvalue weighted by atomic mass is 10.1. The molecular formula is C11H16O. The van der Waals surface area contributed by atoms with E-state index in [2.05, 4.69) is 18.7 Å². The SMILES string of the molecule is C=C(C)COC1[C@@H]2C=C[C@H]1CC2. The Morgan fingerprint density at radius 3 is 2.42 bits per heavy atom. The third kappa shape index (κ3) is 1.34. The number of hydrogen-bond acceptors (Lipinski definition) is 1. The van der Waals surface area contributed by atoms with Gasteiger partial charge < -0.3 is 4.74 Å². The van der Waals surface area contributed by atoms with Crippen LogP contribution in [0.4, 0.5) is 0 Å². The first kappa shape index (κ1) is 8.06. The summed E-state index contributed by atoms with van der Waals surface area (Å²) in [7, 11) is 0. The third-order valence-corrected chi connectivity index (χ3v) is 2.80. The molecule has 12 heavy (non-hydrogen) atoms. The molecule has 2 aliphatic carbocycles. The van der Waals surface area contributed by atoms with Crippen molar-refractivity contribution < 1.29 is 4.74 Å². The second-order valence-corrected chi connectivity index (χ2v) is 4.02. The zero-order valence-electron chi connectivity index (χ0n) is 7.62. The molecule has 0 aromatic rings. The maximum absolute atomic E-state index is 5.79. The van der Waals surface area contributed by atoms with Gasteiger partial charge in [0.2, 0.25) is 0 Å². The van der Waals surface area contributed by atoms with Crippen molar-refractivity contribution in [3.8, 4) is 0 Å². The minimum absolute atomic E-state index is 0.474. The van der Waals surface area contributed by atoms with Gasteiger partial charge in [-0.2, -0.15) is 0 Å². The van der Waals surface area contributed by atoms with E-state index >= 15 is 0 Å². The maximum atomic E-state index is 5.79. The van der Waals surface area contributed by atoms with Crippen LogP contribution in [-0.4, -0.2) is 12.7 Å². The Morgan fingerprint density at radius 1 is 1.42 bits per heavy atom. The standard InChI is InChI=1S/C11H16O/c1-8(2)7-12-11-9-3-4-10(11)6-5-9/h3-4,9-11H,1,5-7H2,2H3/t9-,10+,11?. The summed E-state index contributed by atoms with van der Waals surface area (Å²) in [6, 6.07) is 0. The van der Waals surface area contributed by atoms with Crippen LogP contribution in [0.5, 0.6) is 0 Å². The topological polar surface area (TPSA) is 9.23 Å². The number of ether oxygens (including phenoxy) is 1. The minimum Gasteiger partial charge on any atom is -0.373 e. The summed E-state index contributed by atoms with van der Waals surface area (Å²) < 4.78 is 5.79. The van der Waals surface area contributed by atoms with Crippen molar-refractivity contribution in [2.24, 2.45) is 11.8 Å². The molecule has 0 saturated heterocycles. The van der Waals surface area contributed by atoms with Crippen LogP contribution >= 0.6 is 0 Å². The number of fused-ring (bicyclic) bond motifs is 2. The van der Waals surface area contributed by atoms with Gasteiger partial charge in [0, 0.05) is 11.8 Å². The van der Waals surface area contributed by atoms with Crippen molar-refractivity contribution in [3.05, 3.63) is 24.3 Å². The fourth-order valence-corrected chi connectivity index (χ4v) is 2.21. The van der Waals surface area contributed by atoms with E-state index < -0.39 is 0 Å². The molecule has 1 heteroatoms. The van der Waals surface area contributed by atoms with E-state index in [1.165, 1.54) is 12.8 Å². The first-order valence-corrected chi connectivity index (χ1v) is 4.71. The normalized spacial score (nSPS) is 37.6. The average Bonchev–Trinajstić information content (AvgIpc) is 2.59. The molecule has 0 spiro atoms. The Balaban J connectivity index is 1.87. The summed E-state index contributed by atoms with van der Waals surface area (Å²) >= 11 is 0. The van der Waals surface area contributed by atoms with Gasteiger partial charge in [0.15, 0.2) is 0 Å². The maximum Gasteiger partial charge on any atom is 0.0704 e. The summed E-state index contributed by atoms with van der Waals surface area (Å²) in [6.45, 7) is 6.59. The van der Waals surface area contributed by atoms with E-state index in [-0.39, 0.29) is 0 Å². The molecule has 1 fully saturated rings. The lowest BCUT2D eigenvalue weighted by molar-refractivity contribution is 0.0438. The van der Waals surface area contributed by atoms with Crippen LogP contribution < -0.4 is 0 Å². The molecule has 2 bridgehead atoms. The van der Waals surface area contributed by atoms with E-state index in [1.54, 1.807) is 0 Å². The van der Waals surface area contributed by atoms with Gasteiger partial charge in [-0.3, -0.25) is 0 Å². The quantitative estimate of drug-likeness (QED) is 0.582.